The molecule has 6 nitrogen and oxygen atoms in total. The molecule has 0 aromatic rings. The minimum atomic E-state index is -1.23. The number of nitrogens with zero attached hydrogens (tertiary/aromatic N) is 1. The fourth-order valence-electron chi connectivity index (χ4n) is 2.20. The summed E-state index contributed by atoms with van der Waals surface area (Å²) in [6.45, 7) is 7.01. The molecule has 1 heterocycles. The standard InChI is InChI=1S/C12H22N2O4/c1-11(2,3)18-10(17)14-8(7-13)5-6-12(14,4)9(15)16/h8H,5-7,13H2,1-4H3,(H,15,16). The lowest BCUT2D eigenvalue weighted by molar-refractivity contribution is -0.149. The van der Waals surface area contributed by atoms with Crippen LogP contribution < -0.4 is 5.73 Å². The second-order valence-electron chi connectivity index (χ2n) is 5.86. The molecule has 0 bridgehead atoms. The van der Waals surface area contributed by atoms with Gasteiger partial charge in [-0.25, -0.2) is 9.59 Å². The van der Waals surface area contributed by atoms with Crippen LogP contribution in [0.15, 0.2) is 0 Å². The minimum Gasteiger partial charge on any atom is -0.480 e. The summed E-state index contributed by atoms with van der Waals surface area (Å²) in [7, 11) is 0. The van der Waals surface area contributed by atoms with E-state index in [9.17, 15) is 14.7 Å². The van der Waals surface area contributed by atoms with Gasteiger partial charge in [0.1, 0.15) is 11.1 Å². The Balaban J connectivity index is 2.99. The van der Waals surface area contributed by atoms with Crippen molar-refractivity contribution in [3.63, 3.8) is 0 Å². The van der Waals surface area contributed by atoms with Crippen LogP contribution in [-0.4, -0.2) is 45.8 Å². The number of carboxylic acids is 1. The van der Waals surface area contributed by atoms with Gasteiger partial charge in [-0.15, -0.1) is 0 Å². The molecule has 1 aliphatic rings. The molecule has 1 rings (SSSR count). The summed E-state index contributed by atoms with van der Waals surface area (Å²) in [6.07, 6.45) is 0.363. The lowest BCUT2D eigenvalue weighted by Crippen LogP contribution is -2.56. The van der Waals surface area contributed by atoms with E-state index in [2.05, 4.69) is 0 Å². The molecule has 0 aromatic heterocycles. The fraction of sp³-hybridized carbons (Fsp3) is 0.833. The number of hydrogen-bond donors (Lipinski definition) is 2. The zero-order valence-electron chi connectivity index (χ0n) is 11.4. The van der Waals surface area contributed by atoms with Crippen molar-refractivity contribution in [2.75, 3.05) is 6.54 Å². The average Bonchev–Trinajstić information content (AvgIpc) is 2.54. The lowest BCUT2D eigenvalue weighted by Gasteiger charge is -2.36. The Kier molecular flexibility index (Phi) is 3.90. The molecule has 18 heavy (non-hydrogen) atoms. The molecule has 2 unspecified atom stereocenters. The molecule has 2 atom stereocenters. The van der Waals surface area contributed by atoms with Crippen molar-refractivity contribution >= 4 is 12.1 Å². The van der Waals surface area contributed by atoms with Gasteiger partial charge in [-0.3, -0.25) is 4.90 Å². The van der Waals surface area contributed by atoms with Gasteiger partial charge in [-0.2, -0.15) is 0 Å². The Hall–Kier alpha value is -1.30. The summed E-state index contributed by atoms with van der Waals surface area (Å²) in [5.74, 6) is -1.02. The molecule has 1 amide bonds. The van der Waals surface area contributed by atoms with E-state index in [-0.39, 0.29) is 12.6 Å². The van der Waals surface area contributed by atoms with Crippen LogP contribution in [0.5, 0.6) is 0 Å². The normalized spacial score (nSPS) is 28.3. The Morgan fingerprint density at radius 2 is 2.06 bits per heavy atom. The first-order valence-corrected chi connectivity index (χ1v) is 6.07. The zero-order valence-corrected chi connectivity index (χ0v) is 11.4. The molecule has 3 N–H and O–H groups in total. The third-order valence-corrected chi connectivity index (χ3v) is 3.18. The molecular weight excluding hydrogens is 236 g/mol. The highest BCUT2D eigenvalue weighted by Gasteiger charge is 2.51. The number of amides is 1. The van der Waals surface area contributed by atoms with Crippen molar-refractivity contribution in [1.82, 2.24) is 4.90 Å². The van der Waals surface area contributed by atoms with Crippen molar-refractivity contribution in [2.24, 2.45) is 5.73 Å². The number of rotatable bonds is 2. The van der Waals surface area contributed by atoms with E-state index in [1.165, 1.54) is 11.8 Å². The Labute approximate surface area is 107 Å². The second-order valence-corrected chi connectivity index (χ2v) is 5.86. The van der Waals surface area contributed by atoms with Crippen molar-refractivity contribution in [3.8, 4) is 0 Å². The molecule has 0 aliphatic carbocycles. The van der Waals surface area contributed by atoms with Gasteiger partial charge in [0.2, 0.25) is 0 Å². The van der Waals surface area contributed by atoms with Crippen LogP contribution >= 0.6 is 0 Å². The van der Waals surface area contributed by atoms with Gasteiger partial charge in [0.25, 0.3) is 0 Å². The van der Waals surface area contributed by atoms with Gasteiger partial charge < -0.3 is 15.6 Å². The van der Waals surface area contributed by atoms with E-state index in [0.717, 1.165) is 0 Å². The highest BCUT2D eigenvalue weighted by Crippen LogP contribution is 2.35. The predicted molar refractivity (Wildman–Crippen MR) is 66.2 cm³/mol. The third-order valence-electron chi connectivity index (χ3n) is 3.18. The van der Waals surface area contributed by atoms with Crippen LogP contribution in [0.4, 0.5) is 4.79 Å². The first-order valence-electron chi connectivity index (χ1n) is 6.07. The molecule has 6 heteroatoms. The molecule has 1 fully saturated rings. The summed E-state index contributed by atoms with van der Waals surface area (Å²) in [5, 5.41) is 9.31. The van der Waals surface area contributed by atoms with Crippen molar-refractivity contribution in [2.45, 2.75) is 57.7 Å². The second kappa shape index (κ2) is 4.76. The monoisotopic (exact) mass is 258 g/mol. The third kappa shape index (κ3) is 2.75. The van der Waals surface area contributed by atoms with Crippen LogP contribution in [0.2, 0.25) is 0 Å². The molecule has 0 spiro atoms. The number of aliphatic carboxylic acids is 1. The van der Waals surface area contributed by atoms with Gasteiger partial charge in [0.15, 0.2) is 0 Å². The SMILES string of the molecule is CC(C)(C)OC(=O)N1C(CN)CCC1(C)C(=O)O. The topological polar surface area (TPSA) is 92.9 Å². The largest absolute Gasteiger partial charge is 0.480 e. The van der Waals surface area contributed by atoms with Crippen LogP contribution in [0.1, 0.15) is 40.5 Å². The lowest BCUT2D eigenvalue weighted by atomic mass is 10.00. The number of carbonyl (C=O) groups excluding carboxylic acids is 1. The quantitative estimate of drug-likeness (QED) is 0.776. The van der Waals surface area contributed by atoms with E-state index in [0.29, 0.717) is 12.8 Å². The number of ether oxygens (including phenoxy) is 1. The van der Waals surface area contributed by atoms with E-state index in [1.807, 2.05) is 0 Å². The van der Waals surface area contributed by atoms with E-state index >= 15 is 0 Å². The van der Waals surface area contributed by atoms with Crippen LogP contribution in [-0.2, 0) is 9.53 Å². The molecular formula is C12H22N2O4. The Bertz CT molecular complexity index is 350. The highest BCUT2D eigenvalue weighted by molar-refractivity contribution is 5.85. The van der Waals surface area contributed by atoms with E-state index < -0.39 is 23.2 Å². The summed E-state index contributed by atoms with van der Waals surface area (Å²) >= 11 is 0. The number of nitrogens with two attached hydrogens (primary N) is 1. The summed E-state index contributed by atoms with van der Waals surface area (Å²) in [6, 6.07) is -0.277. The molecule has 0 aromatic carbocycles. The van der Waals surface area contributed by atoms with Crippen molar-refractivity contribution in [3.05, 3.63) is 0 Å². The maximum absolute atomic E-state index is 12.1. The smallest absolute Gasteiger partial charge is 0.411 e. The minimum absolute atomic E-state index is 0.238. The van der Waals surface area contributed by atoms with E-state index in [4.69, 9.17) is 10.5 Å². The number of carbonyl (C=O) groups is 2. The van der Waals surface area contributed by atoms with Gasteiger partial charge in [0.05, 0.1) is 0 Å². The molecule has 0 saturated carbocycles. The van der Waals surface area contributed by atoms with E-state index in [1.54, 1.807) is 20.8 Å². The van der Waals surface area contributed by atoms with Crippen LogP contribution in [0, 0.1) is 0 Å². The predicted octanol–water partition coefficient (Wildman–Crippen LogP) is 1.19. The summed E-state index contributed by atoms with van der Waals surface area (Å²) in [5.41, 5.74) is 3.72. The zero-order chi connectivity index (χ0) is 14.1. The highest BCUT2D eigenvalue weighted by atomic mass is 16.6. The van der Waals surface area contributed by atoms with Gasteiger partial charge >= 0.3 is 12.1 Å². The van der Waals surface area contributed by atoms with Gasteiger partial charge in [0, 0.05) is 12.6 Å². The summed E-state index contributed by atoms with van der Waals surface area (Å²) < 4.78 is 5.27. The number of likely N-dealkylation sites (tertiary alicyclic amines) is 1. The number of hydrogen-bond acceptors (Lipinski definition) is 4. The maximum atomic E-state index is 12.1. The molecule has 1 aliphatic heterocycles. The molecule has 104 valence electrons. The first kappa shape index (κ1) is 14.8. The van der Waals surface area contributed by atoms with Gasteiger partial charge in [-0.1, -0.05) is 0 Å². The van der Waals surface area contributed by atoms with Crippen molar-refractivity contribution in [1.29, 1.82) is 0 Å². The first-order chi connectivity index (χ1) is 8.12. The van der Waals surface area contributed by atoms with Crippen LogP contribution in [0.25, 0.3) is 0 Å². The maximum Gasteiger partial charge on any atom is 0.411 e. The number of carboxylic acid groups (broad SMARTS) is 1. The van der Waals surface area contributed by atoms with Crippen LogP contribution in [0.3, 0.4) is 0 Å². The Morgan fingerprint density at radius 3 is 2.44 bits per heavy atom. The molecule has 0 radical (unpaired) electrons. The summed E-state index contributed by atoms with van der Waals surface area (Å²) in [4.78, 5) is 24.8. The fourth-order valence-corrected chi connectivity index (χ4v) is 2.20. The van der Waals surface area contributed by atoms with Gasteiger partial charge in [-0.05, 0) is 40.5 Å². The van der Waals surface area contributed by atoms with Crippen molar-refractivity contribution < 1.29 is 19.4 Å². The Morgan fingerprint density at radius 1 is 1.50 bits per heavy atom. The average molecular weight is 258 g/mol. The molecule has 1 saturated heterocycles.